The van der Waals surface area contributed by atoms with Crippen LogP contribution in [0.15, 0.2) is 24.3 Å². The van der Waals surface area contributed by atoms with Crippen molar-refractivity contribution in [2.24, 2.45) is 5.41 Å². The van der Waals surface area contributed by atoms with Crippen LogP contribution >= 0.6 is 0 Å². The molecule has 0 unspecified atom stereocenters. The molecule has 0 aromatic heterocycles. The number of nitrogens with zero attached hydrogens (tertiary/aromatic N) is 1. The number of hydrogen-bond donors (Lipinski definition) is 0. The van der Waals surface area contributed by atoms with Gasteiger partial charge < -0.3 is 19.1 Å². The average molecular weight is 363 g/mol. The van der Waals surface area contributed by atoms with E-state index in [0.717, 1.165) is 11.3 Å². The van der Waals surface area contributed by atoms with Gasteiger partial charge in [-0.15, -0.1) is 0 Å². The van der Waals surface area contributed by atoms with Crippen molar-refractivity contribution in [2.45, 2.75) is 32.6 Å². The van der Waals surface area contributed by atoms with Crippen molar-refractivity contribution in [1.82, 2.24) is 4.90 Å². The zero-order valence-corrected chi connectivity index (χ0v) is 16.0. The summed E-state index contributed by atoms with van der Waals surface area (Å²) in [5, 5.41) is 0. The van der Waals surface area contributed by atoms with Crippen LogP contribution in [-0.2, 0) is 25.5 Å². The van der Waals surface area contributed by atoms with Crippen molar-refractivity contribution < 1.29 is 23.8 Å². The summed E-state index contributed by atoms with van der Waals surface area (Å²) in [6.45, 7) is 3.74. The first-order valence-corrected chi connectivity index (χ1v) is 9.11. The van der Waals surface area contributed by atoms with E-state index >= 15 is 0 Å². The highest BCUT2D eigenvalue weighted by molar-refractivity contribution is 5.79. The summed E-state index contributed by atoms with van der Waals surface area (Å²) >= 11 is 0. The van der Waals surface area contributed by atoms with Crippen molar-refractivity contribution in [3.8, 4) is 5.75 Å². The van der Waals surface area contributed by atoms with E-state index in [-0.39, 0.29) is 11.9 Å². The molecular weight excluding hydrogens is 334 g/mol. The topological polar surface area (TPSA) is 65.1 Å². The van der Waals surface area contributed by atoms with Crippen LogP contribution in [0.4, 0.5) is 0 Å². The van der Waals surface area contributed by atoms with E-state index in [1.54, 1.807) is 14.2 Å². The number of carbonyl (C=O) groups is 2. The lowest BCUT2D eigenvalue weighted by Gasteiger charge is -2.40. The first-order chi connectivity index (χ1) is 12.5. The molecule has 6 nitrogen and oxygen atoms in total. The van der Waals surface area contributed by atoms with Gasteiger partial charge in [0.15, 0.2) is 0 Å². The van der Waals surface area contributed by atoms with Crippen LogP contribution in [0.1, 0.15) is 31.7 Å². The number of methoxy groups -OCH3 is 2. The van der Waals surface area contributed by atoms with E-state index in [2.05, 4.69) is 0 Å². The third-order valence-electron chi connectivity index (χ3n) is 5.00. The fraction of sp³-hybridized carbons (Fsp3) is 0.600. The first-order valence-electron chi connectivity index (χ1n) is 9.11. The molecule has 1 fully saturated rings. The molecule has 6 heteroatoms. The lowest BCUT2D eigenvalue weighted by molar-refractivity contribution is -0.160. The molecule has 1 aromatic rings. The van der Waals surface area contributed by atoms with Crippen LogP contribution in [0.2, 0.25) is 0 Å². The highest BCUT2D eigenvalue weighted by atomic mass is 16.5. The Morgan fingerprint density at radius 3 is 2.31 bits per heavy atom. The highest BCUT2D eigenvalue weighted by Crippen LogP contribution is 2.37. The Labute approximate surface area is 155 Å². The molecule has 1 aliphatic rings. The van der Waals surface area contributed by atoms with Crippen molar-refractivity contribution in [3.05, 3.63) is 29.8 Å². The maximum Gasteiger partial charge on any atom is 0.312 e. The van der Waals surface area contributed by atoms with Crippen molar-refractivity contribution in [2.75, 3.05) is 40.5 Å². The van der Waals surface area contributed by atoms with Gasteiger partial charge in [0.1, 0.15) is 5.75 Å². The van der Waals surface area contributed by atoms with Gasteiger partial charge >= 0.3 is 5.97 Å². The number of piperidine rings is 1. The second kappa shape index (κ2) is 9.57. The Balaban J connectivity index is 2.09. The van der Waals surface area contributed by atoms with E-state index in [4.69, 9.17) is 14.2 Å². The van der Waals surface area contributed by atoms with Crippen molar-refractivity contribution in [3.63, 3.8) is 0 Å². The van der Waals surface area contributed by atoms with E-state index < -0.39 is 5.41 Å². The van der Waals surface area contributed by atoms with E-state index in [1.807, 2.05) is 36.1 Å². The molecule has 0 bridgehead atoms. The summed E-state index contributed by atoms with van der Waals surface area (Å²) in [7, 11) is 3.22. The summed E-state index contributed by atoms with van der Waals surface area (Å²) in [6.07, 6.45) is 2.20. The van der Waals surface area contributed by atoms with Crippen LogP contribution < -0.4 is 4.74 Å². The fourth-order valence-corrected chi connectivity index (χ4v) is 3.40. The summed E-state index contributed by atoms with van der Waals surface area (Å²) in [5.74, 6) is 0.700. The summed E-state index contributed by atoms with van der Waals surface area (Å²) < 4.78 is 15.6. The van der Waals surface area contributed by atoms with Crippen LogP contribution in [0.3, 0.4) is 0 Å². The Morgan fingerprint density at radius 1 is 1.12 bits per heavy atom. The molecule has 0 atom stereocenters. The largest absolute Gasteiger partial charge is 0.497 e. The smallest absolute Gasteiger partial charge is 0.312 e. The standard InChI is InChI=1S/C20H29NO5/c1-4-26-19(23)20(15-16-5-7-17(25-3)8-6-16)10-12-21(13-11-20)18(22)9-14-24-2/h5-8H,4,9-15H2,1-3H3. The second-order valence-electron chi connectivity index (χ2n) is 6.65. The summed E-state index contributed by atoms with van der Waals surface area (Å²) in [4.78, 5) is 26.8. The molecule has 1 saturated heterocycles. The Bertz CT molecular complexity index is 591. The predicted molar refractivity (Wildman–Crippen MR) is 98.1 cm³/mol. The molecule has 1 amide bonds. The maximum absolute atomic E-state index is 12.7. The van der Waals surface area contributed by atoms with Crippen LogP contribution in [0.25, 0.3) is 0 Å². The number of esters is 1. The third-order valence-corrected chi connectivity index (χ3v) is 5.00. The van der Waals surface area contributed by atoms with Gasteiger partial charge in [0.25, 0.3) is 0 Å². The molecule has 0 radical (unpaired) electrons. The first kappa shape index (κ1) is 20.2. The fourth-order valence-electron chi connectivity index (χ4n) is 3.40. The lowest BCUT2D eigenvalue weighted by atomic mass is 9.73. The minimum atomic E-state index is -0.581. The Hall–Kier alpha value is -2.08. The van der Waals surface area contributed by atoms with Gasteiger partial charge in [0.2, 0.25) is 5.91 Å². The zero-order chi connectivity index (χ0) is 19.0. The maximum atomic E-state index is 12.7. The molecule has 0 saturated carbocycles. The summed E-state index contributed by atoms with van der Waals surface area (Å²) in [5.41, 5.74) is 0.487. The predicted octanol–water partition coefficient (Wildman–Crippen LogP) is 2.45. The number of carbonyl (C=O) groups excluding carboxylic acids is 2. The monoisotopic (exact) mass is 363 g/mol. The highest BCUT2D eigenvalue weighted by Gasteiger charge is 2.43. The normalized spacial score (nSPS) is 16.2. The third kappa shape index (κ3) is 4.97. The molecule has 0 aliphatic carbocycles. The van der Waals surface area contributed by atoms with Gasteiger partial charge in [-0.2, -0.15) is 0 Å². The summed E-state index contributed by atoms with van der Waals surface area (Å²) in [6, 6.07) is 7.76. The van der Waals surface area contributed by atoms with E-state index in [0.29, 0.717) is 52.0 Å². The van der Waals surface area contributed by atoms with Gasteiger partial charge in [-0.05, 0) is 43.9 Å². The van der Waals surface area contributed by atoms with Gasteiger partial charge in [-0.3, -0.25) is 9.59 Å². The van der Waals surface area contributed by atoms with Gasteiger partial charge in [0, 0.05) is 20.2 Å². The van der Waals surface area contributed by atoms with Crippen LogP contribution in [0, 0.1) is 5.41 Å². The number of amides is 1. The number of hydrogen-bond acceptors (Lipinski definition) is 5. The zero-order valence-electron chi connectivity index (χ0n) is 16.0. The molecule has 26 heavy (non-hydrogen) atoms. The van der Waals surface area contributed by atoms with Gasteiger partial charge in [0.05, 0.1) is 32.2 Å². The molecule has 2 rings (SSSR count). The number of ether oxygens (including phenoxy) is 3. The number of rotatable bonds is 8. The lowest BCUT2D eigenvalue weighted by Crippen LogP contribution is -2.48. The molecule has 1 aliphatic heterocycles. The molecule has 1 heterocycles. The molecule has 0 N–H and O–H groups in total. The second-order valence-corrected chi connectivity index (χ2v) is 6.65. The van der Waals surface area contributed by atoms with Crippen LogP contribution in [0.5, 0.6) is 5.75 Å². The quantitative estimate of drug-likeness (QED) is 0.664. The van der Waals surface area contributed by atoms with Crippen LogP contribution in [-0.4, -0.2) is 57.3 Å². The van der Waals surface area contributed by atoms with Crippen molar-refractivity contribution >= 4 is 11.9 Å². The average Bonchev–Trinajstić information content (AvgIpc) is 2.67. The number of benzene rings is 1. The van der Waals surface area contributed by atoms with E-state index in [1.165, 1.54) is 0 Å². The van der Waals surface area contributed by atoms with E-state index in [9.17, 15) is 9.59 Å². The van der Waals surface area contributed by atoms with Gasteiger partial charge in [-0.1, -0.05) is 12.1 Å². The van der Waals surface area contributed by atoms with Crippen molar-refractivity contribution in [1.29, 1.82) is 0 Å². The Kier molecular flexibility index (Phi) is 7.45. The minimum Gasteiger partial charge on any atom is -0.497 e. The molecule has 0 spiro atoms. The minimum absolute atomic E-state index is 0.0776. The molecular formula is C20H29NO5. The number of likely N-dealkylation sites (tertiary alicyclic amines) is 1. The molecule has 144 valence electrons. The molecule has 1 aromatic carbocycles. The van der Waals surface area contributed by atoms with Gasteiger partial charge in [-0.25, -0.2) is 0 Å². The SMILES string of the molecule is CCOC(=O)C1(Cc2ccc(OC)cc2)CCN(C(=O)CCOC)CC1. The Morgan fingerprint density at radius 2 is 1.77 bits per heavy atom.